The molecule has 0 saturated heterocycles. The molecule has 1 aromatic rings. The van der Waals surface area contributed by atoms with E-state index in [1.54, 1.807) is 0 Å². The van der Waals surface area contributed by atoms with Crippen LogP contribution in [0.15, 0.2) is 12.1 Å². The first-order valence-electron chi connectivity index (χ1n) is 6.23. The Morgan fingerprint density at radius 1 is 1.33 bits per heavy atom. The highest BCUT2D eigenvalue weighted by Crippen LogP contribution is 2.25. The Hall–Kier alpha value is -1.78. The van der Waals surface area contributed by atoms with Crippen LogP contribution in [0.4, 0.5) is 0 Å². The molecule has 98 valence electrons. The molecule has 0 atom stereocenters. The van der Waals surface area contributed by atoms with Gasteiger partial charge >= 0.3 is 5.97 Å². The molecule has 0 unspecified atom stereocenters. The van der Waals surface area contributed by atoms with E-state index < -0.39 is 5.97 Å². The number of aromatic carboxylic acids is 1. The number of rotatable bonds is 4. The Morgan fingerprint density at radius 2 is 2.06 bits per heavy atom. The van der Waals surface area contributed by atoms with E-state index in [0.717, 1.165) is 12.8 Å². The lowest BCUT2D eigenvalue weighted by atomic mass is 9.90. The number of pyridine rings is 1. The molecule has 5 heteroatoms. The van der Waals surface area contributed by atoms with Crippen LogP contribution in [0, 0.1) is 5.92 Å². The van der Waals surface area contributed by atoms with E-state index in [2.05, 4.69) is 4.98 Å². The Bertz CT molecular complexity index is 427. The highest BCUT2D eigenvalue weighted by Gasteiger charge is 2.16. The van der Waals surface area contributed by atoms with E-state index in [1.807, 2.05) is 0 Å². The van der Waals surface area contributed by atoms with Gasteiger partial charge in [0, 0.05) is 6.07 Å². The average molecular weight is 251 g/mol. The van der Waals surface area contributed by atoms with Crippen molar-refractivity contribution in [3.63, 3.8) is 0 Å². The normalized spacial score (nSPS) is 16.4. The van der Waals surface area contributed by atoms with E-state index in [-0.39, 0.29) is 17.3 Å². The fraction of sp³-hybridized carbons (Fsp3) is 0.538. The summed E-state index contributed by atoms with van der Waals surface area (Å²) >= 11 is 0. The summed E-state index contributed by atoms with van der Waals surface area (Å²) in [5.41, 5.74) is -0.365. The average Bonchev–Trinajstić information content (AvgIpc) is 2.38. The SMILES string of the molecule is O=C(O)c1nc(OCC2CCCCC2)ccc1O. The summed E-state index contributed by atoms with van der Waals surface area (Å²) in [5, 5.41) is 18.2. The fourth-order valence-corrected chi connectivity index (χ4v) is 2.23. The zero-order chi connectivity index (χ0) is 13.0. The Labute approximate surface area is 105 Å². The molecule has 1 heterocycles. The standard InChI is InChI=1S/C13H17NO4/c15-10-6-7-11(14-12(10)13(16)17)18-8-9-4-2-1-3-5-9/h6-7,9,15H,1-5,8H2,(H,16,17). The maximum Gasteiger partial charge on any atom is 0.358 e. The first-order valence-corrected chi connectivity index (χ1v) is 6.23. The summed E-state index contributed by atoms with van der Waals surface area (Å²) in [5.74, 6) is -0.804. The van der Waals surface area contributed by atoms with Gasteiger partial charge in [0.1, 0.15) is 5.75 Å². The Kier molecular flexibility index (Phi) is 4.02. The van der Waals surface area contributed by atoms with E-state index in [4.69, 9.17) is 9.84 Å². The van der Waals surface area contributed by atoms with Gasteiger partial charge in [-0.3, -0.25) is 0 Å². The monoisotopic (exact) mass is 251 g/mol. The summed E-state index contributed by atoms with van der Waals surface area (Å²) in [6.07, 6.45) is 6.07. The number of hydrogen-bond donors (Lipinski definition) is 2. The van der Waals surface area contributed by atoms with E-state index in [1.165, 1.54) is 31.4 Å². The topological polar surface area (TPSA) is 79.7 Å². The summed E-state index contributed by atoms with van der Waals surface area (Å²) in [6.45, 7) is 0.566. The molecule has 1 aliphatic carbocycles. The van der Waals surface area contributed by atoms with Crippen LogP contribution < -0.4 is 4.74 Å². The van der Waals surface area contributed by atoms with Gasteiger partial charge in [0.15, 0.2) is 5.69 Å². The van der Waals surface area contributed by atoms with Gasteiger partial charge in [-0.15, -0.1) is 0 Å². The number of nitrogens with zero attached hydrogens (tertiary/aromatic N) is 1. The molecule has 0 spiro atoms. The number of carboxylic acid groups (broad SMARTS) is 1. The van der Waals surface area contributed by atoms with Gasteiger partial charge < -0.3 is 14.9 Å². The molecule has 0 bridgehead atoms. The lowest BCUT2D eigenvalue weighted by Crippen LogP contribution is -2.16. The van der Waals surface area contributed by atoms with Crippen LogP contribution in [0.3, 0.4) is 0 Å². The van der Waals surface area contributed by atoms with Crippen molar-refractivity contribution in [3.8, 4) is 11.6 Å². The molecule has 0 amide bonds. The number of aromatic nitrogens is 1. The number of carbonyl (C=O) groups is 1. The first-order chi connectivity index (χ1) is 8.66. The van der Waals surface area contributed by atoms with E-state index in [9.17, 15) is 9.90 Å². The number of ether oxygens (including phenoxy) is 1. The van der Waals surface area contributed by atoms with Crippen molar-refractivity contribution in [1.82, 2.24) is 4.98 Å². The van der Waals surface area contributed by atoms with Gasteiger partial charge in [0.05, 0.1) is 6.61 Å². The van der Waals surface area contributed by atoms with Crippen LogP contribution in [-0.4, -0.2) is 27.8 Å². The van der Waals surface area contributed by atoms with E-state index in [0.29, 0.717) is 12.5 Å². The largest absolute Gasteiger partial charge is 0.505 e. The molecular weight excluding hydrogens is 234 g/mol. The highest BCUT2D eigenvalue weighted by molar-refractivity contribution is 5.88. The van der Waals surface area contributed by atoms with Gasteiger partial charge in [-0.2, -0.15) is 0 Å². The highest BCUT2D eigenvalue weighted by atomic mass is 16.5. The minimum atomic E-state index is -1.25. The van der Waals surface area contributed by atoms with Crippen molar-refractivity contribution in [2.45, 2.75) is 32.1 Å². The van der Waals surface area contributed by atoms with Crippen LogP contribution in [0.1, 0.15) is 42.6 Å². The molecule has 2 rings (SSSR count). The van der Waals surface area contributed by atoms with Gasteiger partial charge in [-0.25, -0.2) is 9.78 Å². The second kappa shape index (κ2) is 5.71. The zero-order valence-corrected chi connectivity index (χ0v) is 10.1. The second-order valence-electron chi connectivity index (χ2n) is 4.64. The Balaban J connectivity index is 1.96. The van der Waals surface area contributed by atoms with Crippen molar-refractivity contribution < 1.29 is 19.7 Å². The molecule has 1 aliphatic rings. The van der Waals surface area contributed by atoms with Gasteiger partial charge in [0.2, 0.25) is 5.88 Å². The molecular formula is C13H17NO4. The third kappa shape index (κ3) is 3.12. The van der Waals surface area contributed by atoms with Crippen molar-refractivity contribution in [3.05, 3.63) is 17.8 Å². The molecule has 0 aliphatic heterocycles. The summed E-state index contributed by atoms with van der Waals surface area (Å²) in [7, 11) is 0. The molecule has 1 saturated carbocycles. The lowest BCUT2D eigenvalue weighted by Gasteiger charge is -2.21. The minimum Gasteiger partial charge on any atom is -0.505 e. The minimum absolute atomic E-state index is 0.260. The van der Waals surface area contributed by atoms with Crippen molar-refractivity contribution >= 4 is 5.97 Å². The third-order valence-electron chi connectivity index (χ3n) is 3.24. The number of carboxylic acids is 1. The van der Waals surface area contributed by atoms with Crippen LogP contribution in [0.25, 0.3) is 0 Å². The molecule has 0 aromatic carbocycles. The fourth-order valence-electron chi connectivity index (χ4n) is 2.23. The summed E-state index contributed by atoms with van der Waals surface area (Å²) in [6, 6.07) is 2.79. The molecule has 5 nitrogen and oxygen atoms in total. The van der Waals surface area contributed by atoms with Crippen LogP contribution in [0.2, 0.25) is 0 Å². The van der Waals surface area contributed by atoms with E-state index >= 15 is 0 Å². The Morgan fingerprint density at radius 3 is 2.72 bits per heavy atom. The molecule has 1 fully saturated rings. The van der Waals surface area contributed by atoms with Crippen LogP contribution in [0.5, 0.6) is 11.6 Å². The second-order valence-corrected chi connectivity index (χ2v) is 4.64. The first kappa shape index (κ1) is 12.7. The van der Waals surface area contributed by atoms with Crippen molar-refractivity contribution in [2.75, 3.05) is 6.61 Å². The molecule has 1 aromatic heterocycles. The quantitative estimate of drug-likeness (QED) is 0.859. The maximum atomic E-state index is 10.8. The van der Waals surface area contributed by atoms with Gasteiger partial charge in [0.25, 0.3) is 0 Å². The van der Waals surface area contributed by atoms with Crippen LogP contribution in [-0.2, 0) is 0 Å². The number of hydrogen-bond acceptors (Lipinski definition) is 4. The smallest absolute Gasteiger partial charge is 0.358 e. The molecule has 2 N–H and O–H groups in total. The lowest BCUT2D eigenvalue weighted by molar-refractivity contribution is 0.0685. The zero-order valence-electron chi connectivity index (χ0n) is 10.1. The predicted octanol–water partition coefficient (Wildman–Crippen LogP) is 2.44. The van der Waals surface area contributed by atoms with Crippen molar-refractivity contribution in [1.29, 1.82) is 0 Å². The van der Waals surface area contributed by atoms with Gasteiger partial charge in [-0.05, 0) is 24.8 Å². The number of aromatic hydroxyl groups is 1. The summed E-state index contributed by atoms with van der Waals surface area (Å²) < 4.78 is 5.51. The maximum absolute atomic E-state index is 10.8. The third-order valence-corrected chi connectivity index (χ3v) is 3.24. The van der Waals surface area contributed by atoms with Gasteiger partial charge in [-0.1, -0.05) is 19.3 Å². The van der Waals surface area contributed by atoms with Crippen LogP contribution >= 0.6 is 0 Å². The molecule has 0 radical (unpaired) electrons. The molecule has 18 heavy (non-hydrogen) atoms. The summed E-state index contributed by atoms with van der Waals surface area (Å²) in [4.78, 5) is 14.6. The predicted molar refractivity (Wildman–Crippen MR) is 64.9 cm³/mol. The van der Waals surface area contributed by atoms with Crippen molar-refractivity contribution in [2.24, 2.45) is 5.92 Å².